The van der Waals surface area contributed by atoms with Crippen LogP contribution in [0.3, 0.4) is 0 Å². The van der Waals surface area contributed by atoms with Crippen molar-refractivity contribution in [3.8, 4) is 0 Å². The molecule has 15 heavy (non-hydrogen) atoms. The first-order valence-corrected chi connectivity index (χ1v) is 5.99. The lowest BCUT2D eigenvalue weighted by Gasteiger charge is -2.25. The van der Waals surface area contributed by atoms with Crippen molar-refractivity contribution in [2.75, 3.05) is 6.54 Å². The fourth-order valence-corrected chi connectivity index (χ4v) is 2.38. The molecule has 4 nitrogen and oxygen atoms in total. The molecule has 0 saturated carbocycles. The van der Waals surface area contributed by atoms with E-state index in [1.54, 1.807) is 0 Å². The Labute approximate surface area is 97.8 Å². The van der Waals surface area contributed by atoms with Gasteiger partial charge in [0.2, 0.25) is 5.91 Å². The van der Waals surface area contributed by atoms with E-state index < -0.39 is 12.0 Å². The van der Waals surface area contributed by atoms with E-state index in [2.05, 4.69) is 15.9 Å². The molecule has 2 atom stereocenters. The molecule has 0 bridgehead atoms. The van der Waals surface area contributed by atoms with E-state index in [4.69, 9.17) is 5.11 Å². The first-order valence-electron chi connectivity index (χ1n) is 5.08. The zero-order valence-electron chi connectivity index (χ0n) is 8.94. The molecule has 0 aromatic rings. The fourth-order valence-electron chi connectivity index (χ4n) is 1.80. The molecule has 1 aliphatic rings. The topological polar surface area (TPSA) is 57.6 Å². The highest BCUT2D eigenvalue weighted by molar-refractivity contribution is 9.09. The molecular weight excluding hydrogens is 262 g/mol. The van der Waals surface area contributed by atoms with Crippen LogP contribution in [-0.4, -0.2) is 39.3 Å². The lowest BCUT2D eigenvalue weighted by Crippen LogP contribution is -2.43. The number of halogens is 1. The molecule has 0 spiro atoms. The van der Waals surface area contributed by atoms with E-state index in [-0.39, 0.29) is 16.7 Å². The predicted octanol–water partition coefficient (Wildman–Crippen LogP) is 1.48. The number of aliphatic carboxylic acids is 1. The van der Waals surface area contributed by atoms with Crippen LogP contribution in [0, 0.1) is 5.92 Å². The molecule has 1 rings (SSSR count). The molecule has 0 aliphatic carbocycles. The molecule has 1 fully saturated rings. The number of carboxylic acid groups (broad SMARTS) is 1. The molecular formula is C10H16BrNO3. The fraction of sp³-hybridized carbons (Fsp3) is 0.800. The Morgan fingerprint density at radius 1 is 1.67 bits per heavy atom. The van der Waals surface area contributed by atoms with Gasteiger partial charge in [0.05, 0.1) is 0 Å². The Hall–Kier alpha value is -0.580. The maximum atomic E-state index is 11.5. The summed E-state index contributed by atoms with van der Waals surface area (Å²) in [4.78, 5) is 24.2. The van der Waals surface area contributed by atoms with E-state index in [1.165, 1.54) is 4.90 Å². The maximum absolute atomic E-state index is 11.5. The number of carboxylic acids is 1. The summed E-state index contributed by atoms with van der Waals surface area (Å²) in [6.45, 7) is 4.42. The van der Waals surface area contributed by atoms with Crippen LogP contribution in [0.4, 0.5) is 0 Å². The maximum Gasteiger partial charge on any atom is 0.326 e. The number of amides is 1. The smallest absolute Gasteiger partial charge is 0.326 e. The minimum atomic E-state index is -0.904. The summed E-state index contributed by atoms with van der Waals surface area (Å²) in [5.41, 5.74) is 0. The minimum Gasteiger partial charge on any atom is -0.480 e. The third kappa shape index (κ3) is 3.19. The van der Waals surface area contributed by atoms with Crippen molar-refractivity contribution < 1.29 is 14.7 Å². The number of nitrogens with zero attached hydrogens (tertiary/aromatic N) is 1. The third-order valence-electron chi connectivity index (χ3n) is 2.47. The van der Waals surface area contributed by atoms with Crippen LogP contribution in [0.1, 0.15) is 26.7 Å². The monoisotopic (exact) mass is 277 g/mol. The second kappa shape index (κ2) is 4.96. The van der Waals surface area contributed by atoms with Gasteiger partial charge >= 0.3 is 5.97 Å². The third-order valence-corrected chi connectivity index (χ3v) is 3.08. The molecule has 1 saturated heterocycles. The van der Waals surface area contributed by atoms with Crippen molar-refractivity contribution in [2.24, 2.45) is 5.92 Å². The molecule has 2 unspecified atom stereocenters. The van der Waals surface area contributed by atoms with Crippen molar-refractivity contribution in [3.05, 3.63) is 0 Å². The second-order valence-electron chi connectivity index (χ2n) is 4.33. The first kappa shape index (κ1) is 12.5. The van der Waals surface area contributed by atoms with Crippen LogP contribution in [0.15, 0.2) is 0 Å². The highest BCUT2D eigenvalue weighted by Crippen LogP contribution is 2.23. The Morgan fingerprint density at radius 2 is 2.27 bits per heavy atom. The zero-order valence-corrected chi connectivity index (χ0v) is 10.5. The number of hydrogen-bond donors (Lipinski definition) is 1. The van der Waals surface area contributed by atoms with Crippen LogP contribution >= 0.6 is 15.9 Å². The van der Waals surface area contributed by atoms with Crippen LogP contribution < -0.4 is 0 Å². The molecule has 1 amide bonds. The number of rotatable bonds is 4. The predicted molar refractivity (Wildman–Crippen MR) is 59.9 cm³/mol. The van der Waals surface area contributed by atoms with Gasteiger partial charge in [-0.3, -0.25) is 4.79 Å². The summed E-state index contributed by atoms with van der Waals surface area (Å²) in [5, 5.41) is 9.08. The number of hydrogen-bond acceptors (Lipinski definition) is 2. The summed E-state index contributed by atoms with van der Waals surface area (Å²) < 4.78 is 0. The lowest BCUT2D eigenvalue weighted by atomic mass is 10.0. The standard InChI is InChI=1S/C10H16BrNO3/c1-6(2)3-8(10(14)15)12-5-7(11)4-9(12)13/h6-8H,3-5H2,1-2H3,(H,14,15). The van der Waals surface area contributed by atoms with Gasteiger partial charge in [-0.15, -0.1) is 0 Å². The first-order chi connectivity index (χ1) is 6.91. The summed E-state index contributed by atoms with van der Waals surface area (Å²) in [5.74, 6) is -0.697. The molecule has 1 N–H and O–H groups in total. The van der Waals surface area contributed by atoms with Gasteiger partial charge in [-0.2, -0.15) is 0 Å². The minimum absolute atomic E-state index is 0.0649. The SMILES string of the molecule is CC(C)CC(C(=O)O)N1CC(Br)CC1=O. The Bertz CT molecular complexity index is 267. The van der Waals surface area contributed by atoms with E-state index in [1.807, 2.05) is 13.8 Å². The quantitative estimate of drug-likeness (QED) is 0.792. The Balaban J connectivity index is 2.72. The van der Waals surface area contributed by atoms with Crippen LogP contribution in [-0.2, 0) is 9.59 Å². The molecule has 1 aliphatic heterocycles. The van der Waals surface area contributed by atoms with Gasteiger partial charge in [-0.1, -0.05) is 29.8 Å². The van der Waals surface area contributed by atoms with E-state index in [9.17, 15) is 9.59 Å². The van der Waals surface area contributed by atoms with Crippen molar-refractivity contribution in [1.29, 1.82) is 0 Å². The highest BCUT2D eigenvalue weighted by Gasteiger charge is 2.36. The summed E-state index contributed by atoms with van der Waals surface area (Å²) in [6.07, 6.45) is 0.919. The zero-order chi connectivity index (χ0) is 11.6. The van der Waals surface area contributed by atoms with Gasteiger partial charge in [0, 0.05) is 17.8 Å². The Kier molecular flexibility index (Phi) is 4.13. The van der Waals surface area contributed by atoms with Crippen LogP contribution in [0.5, 0.6) is 0 Å². The van der Waals surface area contributed by atoms with Gasteiger partial charge < -0.3 is 10.0 Å². The number of alkyl halides is 1. The van der Waals surface area contributed by atoms with Crippen molar-refractivity contribution >= 4 is 27.8 Å². The molecule has 86 valence electrons. The molecule has 0 aromatic heterocycles. The van der Waals surface area contributed by atoms with Crippen LogP contribution in [0.2, 0.25) is 0 Å². The largest absolute Gasteiger partial charge is 0.480 e. The molecule has 0 aromatic carbocycles. The summed E-state index contributed by atoms with van der Waals surface area (Å²) in [7, 11) is 0. The van der Waals surface area contributed by atoms with E-state index >= 15 is 0 Å². The summed E-state index contributed by atoms with van der Waals surface area (Å²) >= 11 is 3.35. The van der Waals surface area contributed by atoms with Gasteiger partial charge in [0.25, 0.3) is 0 Å². The van der Waals surface area contributed by atoms with Crippen molar-refractivity contribution in [2.45, 2.75) is 37.6 Å². The van der Waals surface area contributed by atoms with Crippen molar-refractivity contribution in [3.63, 3.8) is 0 Å². The average molecular weight is 278 g/mol. The molecule has 0 radical (unpaired) electrons. The molecule has 1 heterocycles. The van der Waals surface area contributed by atoms with Gasteiger partial charge in [0.1, 0.15) is 6.04 Å². The van der Waals surface area contributed by atoms with Gasteiger partial charge in [0.15, 0.2) is 0 Å². The van der Waals surface area contributed by atoms with E-state index in [0.717, 1.165) is 0 Å². The number of carbonyl (C=O) groups excluding carboxylic acids is 1. The lowest BCUT2D eigenvalue weighted by molar-refractivity contribution is -0.149. The van der Waals surface area contributed by atoms with Crippen molar-refractivity contribution in [1.82, 2.24) is 4.90 Å². The van der Waals surface area contributed by atoms with Gasteiger partial charge in [-0.05, 0) is 12.3 Å². The van der Waals surface area contributed by atoms with Gasteiger partial charge in [-0.25, -0.2) is 4.79 Å². The normalized spacial score (nSPS) is 23.6. The average Bonchev–Trinajstić information content (AvgIpc) is 2.40. The summed E-state index contributed by atoms with van der Waals surface area (Å²) in [6, 6.07) is -0.667. The molecule has 5 heteroatoms. The number of carbonyl (C=O) groups is 2. The number of likely N-dealkylation sites (tertiary alicyclic amines) is 1. The van der Waals surface area contributed by atoms with Crippen LogP contribution in [0.25, 0.3) is 0 Å². The second-order valence-corrected chi connectivity index (χ2v) is 5.63. The highest BCUT2D eigenvalue weighted by atomic mass is 79.9. The van der Waals surface area contributed by atoms with E-state index in [0.29, 0.717) is 19.4 Å². The Morgan fingerprint density at radius 3 is 2.60 bits per heavy atom.